The van der Waals surface area contributed by atoms with Crippen LogP contribution in [0.5, 0.6) is 0 Å². The topological polar surface area (TPSA) is 3.24 Å². The summed E-state index contributed by atoms with van der Waals surface area (Å²) in [6, 6.07) is 0. The largest absolute Gasteiger partial charge is 0.292 e. The molecule has 1 heterocycles. The molecule has 1 atom stereocenters. The van der Waals surface area contributed by atoms with Crippen molar-refractivity contribution in [1.29, 1.82) is 0 Å². The summed E-state index contributed by atoms with van der Waals surface area (Å²) < 4.78 is 0.350. The summed E-state index contributed by atoms with van der Waals surface area (Å²) in [5.74, 6) is 0. The van der Waals surface area contributed by atoms with Gasteiger partial charge in [0.25, 0.3) is 0 Å². The smallest absolute Gasteiger partial charge is 0.0765 e. The summed E-state index contributed by atoms with van der Waals surface area (Å²) >= 11 is 3.84. The quantitative estimate of drug-likeness (QED) is 0.522. The van der Waals surface area contributed by atoms with Crippen LogP contribution in [0.1, 0.15) is 39.0 Å². The lowest BCUT2D eigenvalue weighted by atomic mass is 10.1. The Morgan fingerprint density at radius 2 is 2.27 bits per heavy atom. The Labute approximate surface area is 78.3 Å². The van der Waals surface area contributed by atoms with E-state index in [1.54, 1.807) is 0 Å². The minimum absolute atomic E-state index is 0.350. The molecule has 0 spiro atoms. The highest BCUT2D eigenvalue weighted by Crippen LogP contribution is 2.37. The molecule has 0 amide bonds. The van der Waals surface area contributed by atoms with Crippen LogP contribution in [0.15, 0.2) is 0 Å². The molecule has 0 aromatic carbocycles. The maximum Gasteiger partial charge on any atom is 0.0765 e. The Hall–Kier alpha value is 0.440. The summed E-state index contributed by atoms with van der Waals surface area (Å²) in [7, 11) is 2.22. The Bertz CT molecular complexity index is 127. The lowest BCUT2D eigenvalue weighted by Gasteiger charge is -2.29. The van der Waals surface area contributed by atoms with Crippen molar-refractivity contribution < 1.29 is 0 Å². The van der Waals surface area contributed by atoms with Gasteiger partial charge in [-0.2, -0.15) is 0 Å². The van der Waals surface area contributed by atoms with Gasteiger partial charge in [0, 0.05) is 0 Å². The van der Waals surface area contributed by atoms with E-state index in [1.165, 1.54) is 38.6 Å². The number of halogens is 1. The van der Waals surface area contributed by atoms with Crippen LogP contribution in [0.2, 0.25) is 0 Å². The highest BCUT2D eigenvalue weighted by Gasteiger charge is 2.34. The first-order valence-corrected chi connectivity index (χ1v) is 5.38. The third-order valence-corrected chi connectivity index (χ3v) is 4.05. The van der Waals surface area contributed by atoms with Crippen molar-refractivity contribution in [3.8, 4) is 0 Å². The maximum atomic E-state index is 3.84. The van der Waals surface area contributed by atoms with Crippen molar-refractivity contribution >= 4 is 15.9 Å². The summed E-state index contributed by atoms with van der Waals surface area (Å²) in [6.07, 6.45) is 6.63. The monoisotopic (exact) mass is 219 g/mol. The molecular weight excluding hydrogens is 202 g/mol. The zero-order chi connectivity index (χ0) is 8.32. The molecule has 1 unspecified atom stereocenters. The number of nitrogens with zero attached hydrogens (tertiary/aromatic N) is 1. The average molecular weight is 220 g/mol. The molecule has 2 heteroatoms. The molecule has 0 aromatic rings. The van der Waals surface area contributed by atoms with Gasteiger partial charge in [-0.15, -0.1) is 0 Å². The van der Waals surface area contributed by atoms with Gasteiger partial charge in [0.2, 0.25) is 0 Å². The third-order valence-electron chi connectivity index (χ3n) is 2.65. The van der Waals surface area contributed by atoms with E-state index in [4.69, 9.17) is 0 Å². The van der Waals surface area contributed by atoms with Gasteiger partial charge in [-0.05, 0) is 32.9 Å². The van der Waals surface area contributed by atoms with Crippen LogP contribution in [0, 0.1) is 0 Å². The second-order valence-electron chi connectivity index (χ2n) is 3.55. The van der Waals surface area contributed by atoms with Gasteiger partial charge in [0.05, 0.1) is 4.45 Å². The van der Waals surface area contributed by atoms with Crippen LogP contribution in [-0.4, -0.2) is 22.9 Å². The molecule has 0 N–H and O–H groups in total. The summed E-state index contributed by atoms with van der Waals surface area (Å²) in [5.41, 5.74) is 0. The highest BCUT2D eigenvalue weighted by atomic mass is 79.9. The van der Waals surface area contributed by atoms with Crippen molar-refractivity contribution in [3.63, 3.8) is 0 Å². The molecule has 1 aliphatic rings. The Morgan fingerprint density at radius 1 is 1.55 bits per heavy atom. The first-order chi connectivity index (χ1) is 5.19. The number of hydrogen-bond acceptors (Lipinski definition) is 1. The first-order valence-electron chi connectivity index (χ1n) is 4.59. The molecular formula is C9H18BrN. The van der Waals surface area contributed by atoms with E-state index in [0.29, 0.717) is 4.45 Å². The van der Waals surface area contributed by atoms with E-state index in [-0.39, 0.29) is 0 Å². The van der Waals surface area contributed by atoms with E-state index >= 15 is 0 Å². The second kappa shape index (κ2) is 3.90. The molecule has 0 aromatic heterocycles. The predicted octanol–water partition coefficient (Wildman–Crippen LogP) is 2.99. The third kappa shape index (κ3) is 2.19. The molecule has 0 saturated carbocycles. The van der Waals surface area contributed by atoms with Gasteiger partial charge >= 0.3 is 0 Å². The standard InChI is InChI=1S/C9H18BrN/c1-3-4-6-9(10)7-5-8-11(9)2/h3-8H2,1-2H3. The Balaban J connectivity index is 2.38. The molecule has 0 bridgehead atoms. The summed E-state index contributed by atoms with van der Waals surface area (Å²) in [4.78, 5) is 2.45. The van der Waals surface area contributed by atoms with Crippen LogP contribution in [-0.2, 0) is 0 Å². The van der Waals surface area contributed by atoms with Gasteiger partial charge in [-0.3, -0.25) is 4.90 Å². The van der Waals surface area contributed by atoms with Crippen LogP contribution < -0.4 is 0 Å². The van der Waals surface area contributed by atoms with Gasteiger partial charge in [-0.1, -0.05) is 35.7 Å². The van der Waals surface area contributed by atoms with Gasteiger partial charge < -0.3 is 0 Å². The van der Waals surface area contributed by atoms with Crippen LogP contribution >= 0.6 is 15.9 Å². The zero-order valence-electron chi connectivity index (χ0n) is 7.57. The molecule has 0 radical (unpaired) electrons. The number of rotatable bonds is 3. The molecule has 0 aliphatic carbocycles. The van der Waals surface area contributed by atoms with Crippen molar-refractivity contribution in [2.75, 3.05) is 13.6 Å². The molecule has 1 saturated heterocycles. The van der Waals surface area contributed by atoms with Gasteiger partial charge in [-0.25, -0.2) is 0 Å². The van der Waals surface area contributed by atoms with E-state index in [9.17, 15) is 0 Å². The fourth-order valence-electron chi connectivity index (χ4n) is 1.74. The first kappa shape index (κ1) is 9.53. The Morgan fingerprint density at radius 3 is 2.73 bits per heavy atom. The van der Waals surface area contributed by atoms with Crippen molar-refractivity contribution in [2.24, 2.45) is 0 Å². The zero-order valence-corrected chi connectivity index (χ0v) is 9.15. The van der Waals surface area contributed by atoms with E-state index in [2.05, 4.69) is 34.8 Å². The lowest BCUT2D eigenvalue weighted by molar-refractivity contribution is 0.264. The van der Waals surface area contributed by atoms with Crippen molar-refractivity contribution in [3.05, 3.63) is 0 Å². The van der Waals surface area contributed by atoms with Crippen LogP contribution in [0.3, 0.4) is 0 Å². The number of unbranched alkanes of at least 4 members (excludes halogenated alkanes) is 1. The average Bonchev–Trinajstić information content (AvgIpc) is 2.30. The molecule has 1 rings (SSSR count). The lowest BCUT2D eigenvalue weighted by Crippen LogP contribution is -2.34. The fraction of sp³-hybridized carbons (Fsp3) is 1.00. The number of alkyl halides is 1. The molecule has 66 valence electrons. The second-order valence-corrected chi connectivity index (χ2v) is 5.02. The van der Waals surface area contributed by atoms with Crippen LogP contribution in [0.4, 0.5) is 0 Å². The normalized spacial score (nSPS) is 33.0. The minimum Gasteiger partial charge on any atom is -0.292 e. The van der Waals surface area contributed by atoms with E-state index in [0.717, 1.165) is 0 Å². The number of likely N-dealkylation sites (tertiary alicyclic amines) is 1. The molecule has 1 aliphatic heterocycles. The van der Waals surface area contributed by atoms with Crippen LogP contribution in [0.25, 0.3) is 0 Å². The predicted molar refractivity (Wildman–Crippen MR) is 53.0 cm³/mol. The van der Waals surface area contributed by atoms with E-state index in [1.807, 2.05) is 0 Å². The molecule has 11 heavy (non-hydrogen) atoms. The SMILES string of the molecule is CCCCC1(Br)CCCN1C. The summed E-state index contributed by atoms with van der Waals surface area (Å²) in [5, 5.41) is 0. The summed E-state index contributed by atoms with van der Waals surface area (Å²) in [6.45, 7) is 3.51. The van der Waals surface area contributed by atoms with Crippen molar-refractivity contribution in [2.45, 2.75) is 43.5 Å². The highest BCUT2D eigenvalue weighted by molar-refractivity contribution is 9.10. The Kier molecular flexibility index (Phi) is 3.38. The minimum atomic E-state index is 0.350. The molecule has 1 nitrogen and oxygen atoms in total. The fourth-order valence-corrected chi connectivity index (χ4v) is 2.48. The molecule has 1 fully saturated rings. The van der Waals surface area contributed by atoms with E-state index < -0.39 is 0 Å². The maximum absolute atomic E-state index is 3.84. The number of hydrogen-bond donors (Lipinski definition) is 0. The van der Waals surface area contributed by atoms with Gasteiger partial charge in [0.1, 0.15) is 0 Å². The van der Waals surface area contributed by atoms with Gasteiger partial charge in [0.15, 0.2) is 0 Å². The van der Waals surface area contributed by atoms with Crippen molar-refractivity contribution in [1.82, 2.24) is 4.90 Å².